The Hall–Kier alpha value is -0.260. The fraction of sp³-hybridized carbons (Fsp3) is 0.875. The molecule has 0 fully saturated rings. The zero-order valence-corrected chi connectivity index (χ0v) is 11.8. The molecule has 92 valence electrons. The number of hydrogen-bond acceptors (Lipinski definition) is 0. The second kappa shape index (κ2) is 4.20. The van der Waals surface area contributed by atoms with Crippen LogP contribution in [0.1, 0.15) is 66.7 Å². The second-order valence-electron chi connectivity index (χ2n) is 7.24. The highest BCUT2D eigenvalue weighted by atomic mass is 14.4. The average molecular weight is 220 g/mol. The van der Waals surface area contributed by atoms with Gasteiger partial charge in [-0.2, -0.15) is 0 Å². The van der Waals surface area contributed by atoms with E-state index >= 15 is 0 Å². The molecule has 0 aliphatic heterocycles. The molecule has 0 N–H and O–H groups in total. The zero-order chi connectivity index (χ0) is 11.9. The van der Waals surface area contributed by atoms with Gasteiger partial charge in [0.25, 0.3) is 0 Å². The maximum absolute atomic E-state index is 2.46. The highest BCUT2D eigenvalue weighted by molar-refractivity contribution is 5.26. The summed E-state index contributed by atoms with van der Waals surface area (Å²) >= 11 is 0. The van der Waals surface area contributed by atoms with E-state index in [9.17, 15) is 0 Å². The fourth-order valence-corrected chi connectivity index (χ4v) is 3.65. The SMILES string of the molecule is CC1CCC(C(C)(C)C)CC2=C1CCC2C. The van der Waals surface area contributed by atoms with E-state index in [1.54, 1.807) is 0 Å². The van der Waals surface area contributed by atoms with E-state index in [1.807, 2.05) is 11.1 Å². The Morgan fingerprint density at radius 1 is 0.875 bits per heavy atom. The van der Waals surface area contributed by atoms with Gasteiger partial charge in [0.1, 0.15) is 0 Å². The second-order valence-corrected chi connectivity index (χ2v) is 7.24. The molecule has 3 unspecified atom stereocenters. The molecule has 2 aliphatic carbocycles. The number of rotatable bonds is 0. The Morgan fingerprint density at radius 3 is 2.12 bits per heavy atom. The normalized spacial score (nSPS) is 36.2. The smallest absolute Gasteiger partial charge is 0.0226 e. The molecule has 16 heavy (non-hydrogen) atoms. The molecule has 2 aliphatic rings. The van der Waals surface area contributed by atoms with Crippen LogP contribution in [0.25, 0.3) is 0 Å². The van der Waals surface area contributed by atoms with Gasteiger partial charge in [0, 0.05) is 0 Å². The minimum absolute atomic E-state index is 0.491. The van der Waals surface area contributed by atoms with Gasteiger partial charge < -0.3 is 0 Å². The molecule has 0 heteroatoms. The molecule has 0 aromatic carbocycles. The molecular formula is C16H28. The lowest BCUT2D eigenvalue weighted by Crippen LogP contribution is -2.21. The van der Waals surface area contributed by atoms with E-state index in [2.05, 4.69) is 34.6 Å². The summed E-state index contributed by atoms with van der Waals surface area (Å²) in [6.07, 6.45) is 7.07. The molecule has 0 bridgehead atoms. The molecule has 0 spiro atoms. The Morgan fingerprint density at radius 2 is 1.50 bits per heavy atom. The third-order valence-corrected chi connectivity index (χ3v) is 5.09. The van der Waals surface area contributed by atoms with Gasteiger partial charge >= 0.3 is 0 Å². The van der Waals surface area contributed by atoms with Crippen LogP contribution in [0.5, 0.6) is 0 Å². The van der Waals surface area contributed by atoms with Crippen molar-refractivity contribution >= 4 is 0 Å². The summed E-state index contributed by atoms with van der Waals surface area (Å²) in [5, 5.41) is 0. The molecule has 0 aromatic heterocycles. The minimum Gasteiger partial charge on any atom is -0.0679 e. The van der Waals surface area contributed by atoms with Crippen molar-refractivity contribution in [1.82, 2.24) is 0 Å². The van der Waals surface area contributed by atoms with E-state index in [0.717, 1.165) is 17.8 Å². The van der Waals surface area contributed by atoms with Crippen LogP contribution < -0.4 is 0 Å². The predicted molar refractivity (Wildman–Crippen MR) is 71.4 cm³/mol. The van der Waals surface area contributed by atoms with Crippen molar-refractivity contribution in [2.75, 3.05) is 0 Å². The van der Waals surface area contributed by atoms with Crippen LogP contribution in [0.3, 0.4) is 0 Å². The Kier molecular flexibility index (Phi) is 3.20. The van der Waals surface area contributed by atoms with Crippen LogP contribution in [0.15, 0.2) is 11.1 Å². The Balaban J connectivity index is 2.23. The predicted octanol–water partition coefficient (Wildman–Crippen LogP) is 5.20. The lowest BCUT2D eigenvalue weighted by atomic mass is 9.74. The molecule has 0 amide bonds. The van der Waals surface area contributed by atoms with Gasteiger partial charge in [0.05, 0.1) is 0 Å². The van der Waals surface area contributed by atoms with Crippen LogP contribution in [0.4, 0.5) is 0 Å². The van der Waals surface area contributed by atoms with Gasteiger partial charge in [-0.3, -0.25) is 0 Å². The highest BCUT2D eigenvalue weighted by Crippen LogP contribution is 2.47. The Labute approximate surface area is 102 Å². The highest BCUT2D eigenvalue weighted by Gasteiger charge is 2.34. The average Bonchev–Trinajstić information content (AvgIpc) is 2.42. The molecule has 0 saturated heterocycles. The van der Waals surface area contributed by atoms with Crippen molar-refractivity contribution in [2.45, 2.75) is 66.7 Å². The summed E-state index contributed by atoms with van der Waals surface area (Å²) in [6.45, 7) is 12.2. The summed E-state index contributed by atoms with van der Waals surface area (Å²) in [4.78, 5) is 0. The van der Waals surface area contributed by atoms with Gasteiger partial charge in [-0.05, 0) is 55.3 Å². The summed E-state index contributed by atoms with van der Waals surface area (Å²) in [6, 6.07) is 0. The first kappa shape index (κ1) is 12.2. The van der Waals surface area contributed by atoms with Crippen molar-refractivity contribution in [3.8, 4) is 0 Å². The molecule has 0 aromatic rings. The zero-order valence-electron chi connectivity index (χ0n) is 11.8. The van der Waals surface area contributed by atoms with Crippen LogP contribution in [0, 0.1) is 23.2 Å². The molecule has 0 radical (unpaired) electrons. The van der Waals surface area contributed by atoms with Gasteiger partial charge in [-0.25, -0.2) is 0 Å². The van der Waals surface area contributed by atoms with Gasteiger partial charge in [0.2, 0.25) is 0 Å². The quantitative estimate of drug-likeness (QED) is 0.492. The van der Waals surface area contributed by atoms with Gasteiger partial charge in [-0.1, -0.05) is 45.8 Å². The monoisotopic (exact) mass is 220 g/mol. The summed E-state index contributed by atoms with van der Waals surface area (Å²) in [5.41, 5.74) is 4.19. The van der Waals surface area contributed by atoms with Crippen molar-refractivity contribution < 1.29 is 0 Å². The number of hydrogen-bond donors (Lipinski definition) is 0. The van der Waals surface area contributed by atoms with Crippen molar-refractivity contribution in [3.05, 3.63) is 11.1 Å². The fourth-order valence-electron chi connectivity index (χ4n) is 3.65. The summed E-state index contributed by atoms with van der Waals surface area (Å²) in [5.74, 6) is 2.65. The standard InChI is InChI=1S/C16H28/c1-11-6-8-13(16(3,4)5)10-15-12(2)7-9-14(11)15/h11-13H,6-10H2,1-5H3. The van der Waals surface area contributed by atoms with Crippen LogP contribution >= 0.6 is 0 Å². The maximum atomic E-state index is 2.46. The number of allylic oxidation sites excluding steroid dienone is 2. The van der Waals surface area contributed by atoms with Crippen LogP contribution in [0.2, 0.25) is 0 Å². The molecule has 3 atom stereocenters. The van der Waals surface area contributed by atoms with Crippen molar-refractivity contribution in [2.24, 2.45) is 23.2 Å². The topological polar surface area (TPSA) is 0 Å². The molecule has 2 rings (SSSR count). The lowest BCUT2D eigenvalue weighted by molar-refractivity contribution is 0.215. The largest absolute Gasteiger partial charge is 0.0679 e. The van der Waals surface area contributed by atoms with E-state index < -0.39 is 0 Å². The first-order valence-corrected chi connectivity index (χ1v) is 7.11. The first-order valence-electron chi connectivity index (χ1n) is 7.11. The van der Waals surface area contributed by atoms with Crippen LogP contribution in [-0.4, -0.2) is 0 Å². The minimum atomic E-state index is 0.491. The van der Waals surface area contributed by atoms with E-state index in [0.29, 0.717) is 5.41 Å². The third-order valence-electron chi connectivity index (χ3n) is 5.09. The van der Waals surface area contributed by atoms with Crippen molar-refractivity contribution in [1.29, 1.82) is 0 Å². The molecule has 0 saturated carbocycles. The van der Waals surface area contributed by atoms with E-state index in [-0.39, 0.29) is 0 Å². The lowest BCUT2D eigenvalue weighted by Gasteiger charge is -2.31. The molecular weight excluding hydrogens is 192 g/mol. The summed E-state index contributed by atoms with van der Waals surface area (Å²) < 4.78 is 0. The summed E-state index contributed by atoms with van der Waals surface area (Å²) in [7, 11) is 0. The van der Waals surface area contributed by atoms with Crippen molar-refractivity contribution in [3.63, 3.8) is 0 Å². The van der Waals surface area contributed by atoms with E-state index in [1.165, 1.54) is 32.1 Å². The van der Waals surface area contributed by atoms with E-state index in [4.69, 9.17) is 0 Å². The van der Waals surface area contributed by atoms with Gasteiger partial charge in [0.15, 0.2) is 0 Å². The first-order chi connectivity index (χ1) is 7.39. The molecule has 0 heterocycles. The Bertz CT molecular complexity index is 290. The van der Waals surface area contributed by atoms with Gasteiger partial charge in [-0.15, -0.1) is 0 Å². The third kappa shape index (κ3) is 2.21. The van der Waals surface area contributed by atoms with Crippen LogP contribution in [-0.2, 0) is 0 Å². The molecule has 0 nitrogen and oxygen atoms in total. The maximum Gasteiger partial charge on any atom is -0.0226 e.